The second-order valence-electron chi connectivity index (χ2n) is 7.35. The van der Waals surface area contributed by atoms with Crippen molar-refractivity contribution in [1.29, 1.82) is 0 Å². The lowest BCUT2D eigenvalue weighted by Crippen LogP contribution is -2.62. The predicted octanol–water partition coefficient (Wildman–Crippen LogP) is 1.07. The molecule has 0 bridgehead atoms. The number of hydrogen-bond acceptors (Lipinski definition) is 4. The van der Waals surface area contributed by atoms with Gasteiger partial charge < -0.3 is 19.8 Å². The molecule has 3 rings (SSSR count). The van der Waals surface area contributed by atoms with Crippen LogP contribution < -0.4 is 0 Å². The van der Waals surface area contributed by atoms with Gasteiger partial charge in [0.2, 0.25) is 5.91 Å². The summed E-state index contributed by atoms with van der Waals surface area (Å²) in [7, 11) is 0. The average Bonchev–Trinajstić information content (AvgIpc) is 2.56. The number of hydrogen-bond donors (Lipinski definition) is 2. The number of rotatable bonds is 4. The molecule has 0 unspecified atom stereocenters. The standard InChI is InChI=1S/C18H22FNO5/c1-17(10-25-11-17)15(22)20-7-6-14(21)18(9-20,16(23)24)8-12-2-4-13(19)5-3-12/h2-5,14,21H,6-11H2,1H3,(H,23,24)/t14-,18+/m0/s1. The molecule has 2 N–H and O–H groups in total. The van der Waals surface area contributed by atoms with Crippen LogP contribution >= 0.6 is 0 Å². The van der Waals surface area contributed by atoms with Gasteiger partial charge in [0.1, 0.15) is 11.2 Å². The van der Waals surface area contributed by atoms with E-state index in [1.54, 1.807) is 6.92 Å². The molecule has 6 nitrogen and oxygen atoms in total. The fourth-order valence-corrected chi connectivity index (χ4v) is 3.59. The minimum atomic E-state index is -1.51. The molecule has 2 atom stereocenters. The van der Waals surface area contributed by atoms with Crippen LogP contribution in [0.2, 0.25) is 0 Å². The first-order chi connectivity index (χ1) is 11.8. The molecule has 1 amide bonds. The van der Waals surface area contributed by atoms with Crippen molar-refractivity contribution < 1.29 is 28.9 Å². The van der Waals surface area contributed by atoms with Crippen molar-refractivity contribution in [2.45, 2.75) is 25.9 Å². The largest absolute Gasteiger partial charge is 0.481 e. The Morgan fingerprint density at radius 2 is 1.96 bits per heavy atom. The summed E-state index contributed by atoms with van der Waals surface area (Å²) >= 11 is 0. The molecular formula is C18H22FNO5. The van der Waals surface area contributed by atoms with Gasteiger partial charge in [-0.05, 0) is 37.5 Å². The van der Waals surface area contributed by atoms with Crippen molar-refractivity contribution in [2.75, 3.05) is 26.3 Å². The number of carboxylic acids is 1. The summed E-state index contributed by atoms with van der Waals surface area (Å²) in [5.74, 6) is -1.71. The maximum atomic E-state index is 13.1. The number of likely N-dealkylation sites (tertiary alicyclic amines) is 1. The third-order valence-electron chi connectivity index (χ3n) is 5.29. The van der Waals surface area contributed by atoms with Crippen LogP contribution in [0.15, 0.2) is 24.3 Å². The van der Waals surface area contributed by atoms with Crippen LogP contribution in [0.5, 0.6) is 0 Å². The number of carboxylic acid groups (broad SMARTS) is 1. The van der Waals surface area contributed by atoms with Gasteiger partial charge >= 0.3 is 5.97 Å². The van der Waals surface area contributed by atoms with Crippen LogP contribution in [-0.2, 0) is 20.7 Å². The lowest BCUT2D eigenvalue weighted by molar-refractivity contribution is -0.180. The van der Waals surface area contributed by atoms with Crippen LogP contribution in [0.1, 0.15) is 18.9 Å². The van der Waals surface area contributed by atoms with E-state index in [0.717, 1.165) is 0 Å². The summed E-state index contributed by atoms with van der Waals surface area (Å²) in [5, 5.41) is 20.3. The van der Waals surface area contributed by atoms with E-state index in [-0.39, 0.29) is 25.3 Å². The van der Waals surface area contributed by atoms with E-state index >= 15 is 0 Å². The average molecular weight is 351 g/mol. The Hall–Kier alpha value is -1.99. The lowest BCUT2D eigenvalue weighted by atomic mass is 9.72. The second-order valence-corrected chi connectivity index (χ2v) is 7.35. The SMILES string of the molecule is CC1(C(=O)N2CC[C@H](O)[C@](Cc3ccc(F)cc3)(C(=O)O)C2)COC1. The summed E-state index contributed by atoms with van der Waals surface area (Å²) in [5.41, 5.74) is -1.52. The van der Waals surface area contributed by atoms with Gasteiger partial charge in [-0.1, -0.05) is 12.1 Å². The highest BCUT2D eigenvalue weighted by Crippen LogP contribution is 2.38. The van der Waals surface area contributed by atoms with Crippen molar-refractivity contribution in [2.24, 2.45) is 10.8 Å². The summed E-state index contributed by atoms with van der Waals surface area (Å²) in [6.07, 6.45) is -0.860. The molecule has 2 aliphatic heterocycles. The zero-order chi connectivity index (χ0) is 18.2. The van der Waals surface area contributed by atoms with Gasteiger partial charge in [-0.15, -0.1) is 0 Å². The molecule has 0 radical (unpaired) electrons. The second kappa shape index (κ2) is 6.38. The molecule has 0 saturated carbocycles. The van der Waals surface area contributed by atoms with E-state index in [9.17, 15) is 24.2 Å². The number of aliphatic hydroxyl groups is 1. The van der Waals surface area contributed by atoms with Crippen LogP contribution in [0.4, 0.5) is 4.39 Å². The van der Waals surface area contributed by atoms with Crippen molar-refractivity contribution >= 4 is 11.9 Å². The Morgan fingerprint density at radius 1 is 1.32 bits per heavy atom. The fraction of sp³-hybridized carbons (Fsp3) is 0.556. The van der Waals surface area contributed by atoms with E-state index in [0.29, 0.717) is 25.3 Å². The molecule has 2 fully saturated rings. The third kappa shape index (κ3) is 3.14. The van der Waals surface area contributed by atoms with Crippen molar-refractivity contribution in [1.82, 2.24) is 4.90 Å². The predicted molar refractivity (Wildman–Crippen MR) is 86.3 cm³/mol. The monoisotopic (exact) mass is 351 g/mol. The molecule has 1 aromatic carbocycles. The van der Waals surface area contributed by atoms with Crippen molar-refractivity contribution in [3.63, 3.8) is 0 Å². The molecule has 0 aromatic heterocycles. The molecule has 2 saturated heterocycles. The summed E-state index contributed by atoms with van der Waals surface area (Å²) in [4.78, 5) is 26.3. The normalized spacial score (nSPS) is 28.3. The smallest absolute Gasteiger partial charge is 0.314 e. The molecule has 7 heteroatoms. The zero-order valence-electron chi connectivity index (χ0n) is 14.1. The first-order valence-corrected chi connectivity index (χ1v) is 8.30. The van der Waals surface area contributed by atoms with E-state index in [4.69, 9.17) is 4.74 Å². The summed E-state index contributed by atoms with van der Waals surface area (Å²) < 4.78 is 18.2. The Labute approximate surface area is 145 Å². The first-order valence-electron chi connectivity index (χ1n) is 8.30. The molecular weight excluding hydrogens is 329 g/mol. The van der Waals surface area contributed by atoms with E-state index in [2.05, 4.69) is 0 Å². The van der Waals surface area contributed by atoms with Crippen LogP contribution in [0.25, 0.3) is 0 Å². The number of ether oxygens (including phenoxy) is 1. The number of halogens is 1. The Kier molecular flexibility index (Phi) is 4.55. The third-order valence-corrected chi connectivity index (χ3v) is 5.29. The first kappa shape index (κ1) is 17.8. The number of piperidine rings is 1. The number of aliphatic carboxylic acids is 1. The fourth-order valence-electron chi connectivity index (χ4n) is 3.59. The molecule has 0 aliphatic carbocycles. The maximum Gasteiger partial charge on any atom is 0.314 e. The van der Waals surface area contributed by atoms with Gasteiger partial charge in [0.05, 0.1) is 24.7 Å². The number of benzene rings is 1. The number of carbonyl (C=O) groups is 2. The van der Waals surface area contributed by atoms with Gasteiger partial charge in [0.25, 0.3) is 0 Å². The number of amides is 1. The van der Waals surface area contributed by atoms with Gasteiger partial charge in [-0.25, -0.2) is 4.39 Å². The summed E-state index contributed by atoms with van der Waals surface area (Å²) in [6, 6.07) is 5.54. The number of aliphatic hydroxyl groups excluding tert-OH is 1. The lowest BCUT2D eigenvalue weighted by Gasteiger charge is -2.47. The highest BCUT2D eigenvalue weighted by Gasteiger charge is 2.53. The zero-order valence-corrected chi connectivity index (χ0v) is 14.1. The molecule has 2 aliphatic rings. The van der Waals surface area contributed by atoms with E-state index in [1.165, 1.54) is 29.2 Å². The van der Waals surface area contributed by atoms with Gasteiger partial charge in [-0.2, -0.15) is 0 Å². The number of carbonyl (C=O) groups excluding carboxylic acids is 1. The highest BCUT2D eigenvalue weighted by atomic mass is 19.1. The Bertz CT molecular complexity index is 673. The van der Waals surface area contributed by atoms with Crippen LogP contribution in [-0.4, -0.2) is 59.4 Å². The van der Waals surface area contributed by atoms with Gasteiger partial charge in [0, 0.05) is 13.1 Å². The van der Waals surface area contributed by atoms with E-state index < -0.39 is 28.7 Å². The molecule has 25 heavy (non-hydrogen) atoms. The van der Waals surface area contributed by atoms with Gasteiger partial charge in [-0.3, -0.25) is 9.59 Å². The highest BCUT2D eigenvalue weighted by molar-refractivity contribution is 5.85. The van der Waals surface area contributed by atoms with Crippen molar-refractivity contribution in [3.8, 4) is 0 Å². The molecule has 1 aromatic rings. The number of nitrogens with zero attached hydrogens (tertiary/aromatic N) is 1. The van der Waals surface area contributed by atoms with Gasteiger partial charge in [0.15, 0.2) is 0 Å². The minimum absolute atomic E-state index is 0.0285. The Balaban J connectivity index is 1.86. The van der Waals surface area contributed by atoms with Crippen molar-refractivity contribution in [3.05, 3.63) is 35.6 Å². The minimum Gasteiger partial charge on any atom is -0.481 e. The van der Waals surface area contributed by atoms with Crippen LogP contribution in [0, 0.1) is 16.6 Å². The van der Waals surface area contributed by atoms with Crippen LogP contribution in [0.3, 0.4) is 0 Å². The Morgan fingerprint density at radius 3 is 2.48 bits per heavy atom. The molecule has 0 spiro atoms. The quantitative estimate of drug-likeness (QED) is 0.847. The topological polar surface area (TPSA) is 87.1 Å². The maximum absolute atomic E-state index is 13.1. The summed E-state index contributed by atoms with van der Waals surface area (Å²) in [6.45, 7) is 2.68. The van der Waals surface area contributed by atoms with E-state index in [1.807, 2.05) is 0 Å². The molecule has 136 valence electrons. The molecule has 2 heterocycles.